The lowest BCUT2D eigenvalue weighted by Crippen LogP contribution is -2.29. The van der Waals surface area contributed by atoms with Crippen molar-refractivity contribution in [2.45, 2.75) is 59.0 Å². The lowest BCUT2D eigenvalue weighted by Gasteiger charge is -2.25. The minimum absolute atomic E-state index is 0.698. The zero-order chi connectivity index (χ0) is 12.4. The van der Waals surface area contributed by atoms with Gasteiger partial charge in [-0.2, -0.15) is 5.10 Å². The highest BCUT2D eigenvalue weighted by Gasteiger charge is 2.32. The Bertz CT molecular complexity index is 379. The molecule has 2 N–H and O–H groups in total. The summed E-state index contributed by atoms with van der Waals surface area (Å²) in [5, 5.41) is 4.56. The molecular weight excluding hydrogens is 212 g/mol. The van der Waals surface area contributed by atoms with Crippen LogP contribution in [0.15, 0.2) is 0 Å². The Labute approximate surface area is 104 Å². The molecule has 4 nitrogen and oxygen atoms in total. The molecule has 1 aliphatic rings. The van der Waals surface area contributed by atoms with Gasteiger partial charge in [0.15, 0.2) is 5.82 Å². The number of nitrogens with two attached hydrogens (primary N) is 1. The average Bonchev–Trinajstić information content (AvgIpc) is 3.08. The number of aromatic nitrogens is 2. The van der Waals surface area contributed by atoms with Crippen molar-refractivity contribution < 1.29 is 0 Å². The van der Waals surface area contributed by atoms with Crippen LogP contribution in [0.3, 0.4) is 0 Å². The van der Waals surface area contributed by atoms with Crippen LogP contribution in [-0.4, -0.2) is 22.4 Å². The van der Waals surface area contributed by atoms with Crippen LogP contribution < -0.4 is 10.6 Å². The molecular formula is C13H24N4. The summed E-state index contributed by atoms with van der Waals surface area (Å²) in [5.74, 6) is 1.16. The predicted molar refractivity (Wildman–Crippen MR) is 72.3 cm³/mol. The van der Waals surface area contributed by atoms with E-state index < -0.39 is 0 Å². The normalized spacial score (nSPS) is 15.2. The molecule has 1 aliphatic carbocycles. The van der Waals surface area contributed by atoms with Crippen LogP contribution in [0, 0.1) is 6.92 Å². The van der Waals surface area contributed by atoms with Crippen molar-refractivity contribution in [3.8, 4) is 0 Å². The second kappa shape index (κ2) is 4.98. The number of anilines is 2. The first-order valence-corrected chi connectivity index (χ1v) is 6.78. The van der Waals surface area contributed by atoms with Gasteiger partial charge in [0.2, 0.25) is 0 Å². The summed E-state index contributed by atoms with van der Waals surface area (Å²) >= 11 is 0. The minimum Gasteiger partial charge on any atom is -0.394 e. The number of nitrogen functional groups attached to an aromatic ring is 1. The van der Waals surface area contributed by atoms with Gasteiger partial charge in [0, 0.05) is 19.1 Å². The molecule has 0 radical (unpaired) electrons. The van der Waals surface area contributed by atoms with Crippen LogP contribution in [-0.2, 0) is 6.54 Å². The van der Waals surface area contributed by atoms with E-state index in [9.17, 15) is 0 Å². The van der Waals surface area contributed by atoms with Gasteiger partial charge in [-0.1, -0.05) is 13.8 Å². The largest absolute Gasteiger partial charge is 0.394 e. The highest BCUT2D eigenvalue weighted by Crippen LogP contribution is 2.36. The highest BCUT2D eigenvalue weighted by molar-refractivity contribution is 5.67. The lowest BCUT2D eigenvalue weighted by molar-refractivity contribution is 0.581. The molecule has 0 unspecified atom stereocenters. The molecule has 0 bridgehead atoms. The molecule has 1 aromatic heterocycles. The first kappa shape index (κ1) is 12.3. The summed E-state index contributed by atoms with van der Waals surface area (Å²) in [4.78, 5) is 2.46. The Hall–Kier alpha value is -1.19. The summed E-state index contributed by atoms with van der Waals surface area (Å²) in [5.41, 5.74) is 8.05. The van der Waals surface area contributed by atoms with E-state index in [2.05, 4.69) is 28.5 Å². The van der Waals surface area contributed by atoms with Gasteiger partial charge in [0.1, 0.15) is 0 Å². The van der Waals surface area contributed by atoms with Crippen LogP contribution >= 0.6 is 0 Å². The number of nitrogens with zero attached hydrogens (tertiary/aromatic N) is 3. The smallest absolute Gasteiger partial charge is 0.150 e. The fourth-order valence-electron chi connectivity index (χ4n) is 2.34. The Balaban J connectivity index is 2.32. The number of hydrogen-bond donors (Lipinski definition) is 1. The Morgan fingerprint density at radius 1 is 1.35 bits per heavy atom. The van der Waals surface area contributed by atoms with Gasteiger partial charge in [-0.15, -0.1) is 0 Å². The van der Waals surface area contributed by atoms with Crippen LogP contribution in [0.5, 0.6) is 0 Å². The molecule has 1 heterocycles. The zero-order valence-electron chi connectivity index (χ0n) is 11.2. The van der Waals surface area contributed by atoms with Crippen LogP contribution in [0.2, 0.25) is 0 Å². The van der Waals surface area contributed by atoms with Crippen molar-refractivity contribution in [1.29, 1.82) is 0 Å². The zero-order valence-corrected chi connectivity index (χ0v) is 11.2. The molecule has 0 spiro atoms. The summed E-state index contributed by atoms with van der Waals surface area (Å²) < 4.78 is 2.10. The molecule has 1 fully saturated rings. The van der Waals surface area contributed by atoms with Crippen molar-refractivity contribution in [3.05, 3.63) is 5.69 Å². The first-order valence-electron chi connectivity index (χ1n) is 6.78. The summed E-state index contributed by atoms with van der Waals surface area (Å²) in [7, 11) is 0. The maximum absolute atomic E-state index is 6.21. The second-order valence-corrected chi connectivity index (χ2v) is 4.97. The fraction of sp³-hybridized carbons (Fsp3) is 0.769. The molecule has 0 amide bonds. The Morgan fingerprint density at radius 3 is 2.59 bits per heavy atom. The van der Waals surface area contributed by atoms with Crippen molar-refractivity contribution in [1.82, 2.24) is 9.78 Å². The van der Waals surface area contributed by atoms with Gasteiger partial charge in [0.25, 0.3) is 0 Å². The van der Waals surface area contributed by atoms with Crippen LogP contribution in [0.4, 0.5) is 11.5 Å². The summed E-state index contributed by atoms with van der Waals surface area (Å²) in [6, 6.07) is 0.698. The van der Waals surface area contributed by atoms with Crippen LogP contribution in [0.25, 0.3) is 0 Å². The molecule has 2 rings (SSSR count). The van der Waals surface area contributed by atoms with E-state index in [4.69, 9.17) is 5.73 Å². The second-order valence-electron chi connectivity index (χ2n) is 4.97. The quantitative estimate of drug-likeness (QED) is 0.825. The lowest BCUT2D eigenvalue weighted by atomic mass is 10.3. The topological polar surface area (TPSA) is 47.1 Å². The molecule has 1 aromatic rings. The minimum atomic E-state index is 0.698. The SMILES string of the molecule is CCCN(c1c(N)c(C)nn1CCC)C1CC1. The van der Waals surface area contributed by atoms with Gasteiger partial charge in [-0.05, 0) is 32.6 Å². The number of rotatable bonds is 6. The molecule has 4 heteroatoms. The first-order chi connectivity index (χ1) is 8.19. The van der Waals surface area contributed by atoms with Crippen molar-refractivity contribution in [2.75, 3.05) is 17.2 Å². The van der Waals surface area contributed by atoms with E-state index in [1.807, 2.05) is 6.92 Å². The van der Waals surface area contributed by atoms with Crippen molar-refractivity contribution >= 4 is 11.5 Å². The van der Waals surface area contributed by atoms with E-state index >= 15 is 0 Å². The van der Waals surface area contributed by atoms with E-state index in [0.717, 1.165) is 43.1 Å². The average molecular weight is 236 g/mol. The fourth-order valence-corrected chi connectivity index (χ4v) is 2.34. The number of aryl methyl sites for hydroxylation is 2. The van der Waals surface area contributed by atoms with E-state index in [1.165, 1.54) is 12.8 Å². The van der Waals surface area contributed by atoms with Gasteiger partial charge in [0.05, 0.1) is 11.4 Å². The van der Waals surface area contributed by atoms with Gasteiger partial charge >= 0.3 is 0 Å². The molecule has 0 aliphatic heterocycles. The standard InChI is InChI=1S/C13H24N4/c1-4-8-16(11-6-7-11)13-12(14)10(3)15-17(13)9-5-2/h11H,4-9,14H2,1-3H3. The third-order valence-electron chi connectivity index (χ3n) is 3.31. The van der Waals surface area contributed by atoms with E-state index in [-0.39, 0.29) is 0 Å². The van der Waals surface area contributed by atoms with Gasteiger partial charge in [-0.25, -0.2) is 4.68 Å². The molecule has 1 saturated carbocycles. The molecule has 0 aromatic carbocycles. The molecule has 96 valence electrons. The number of hydrogen-bond acceptors (Lipinski definition) is 3. The molecule has 17 heavy (non-hydrogen) atoms. The monoisotopic (exact) mass is 236 g/mol. The van der Waals surface area contributed by atoms with Gasteiger partial charge < -0.3 is 10.6 Å². The van der Waals surface area contributed by atoms with E-state index in [0.29, 0.717) is 6.04 Å². The predicted octanol–water partition coefficient (Wildman–Crippen LogP) is 2.56. The maximum atomic E-state index is 6.21. The summed E-state index contributed by atoms with van der Waals surface area (Å²) in [6.07, 6.45) is 4.86. The summed E-state index contributed by atoms with van der Waals surface area (Å²) in [6.45, 7) is 8.45. The van der Waals surface area contributed by atoms with Gasteiger partial charge in [-0.3, -0.25) is 0 Å². The third-order valence-corrected chi connectivity index (χ3v) is 3.31. The van der Waals surface area contributed by atoms with Crippen molar-refractivity contribution in [3.63, 3.8) is 0 Å². The highest BCUT2D eigenvalue weighted by atomic mass is 15.4. The van der Waals surface area contributed by atoms with Crippen molar-refractivity contribution in [2.24, 2.45) is 0 Å². The Kier molecular flexibility index (Phi) is 3.60. The van der Waals surface area contributed by atoms with E-state index in [1.54, 1.807) is 0 Å². The maximum Gasteiger partial charge on any atom is 0.150 e. The molecule has 0 atom stereocenters. The third kappa shape index (κ3) is 2.40. The Morgan fingerprint density at radius 2 is 2.06 bits per heavy atom. The van der Waals surface area contributed by atoms with Crippen LogP contribution in [0.1, 0.15) is 45.2 Å². The molecule has 0 saturated heterocycles.